The minimum Gasteiger partial charge on any atom is -0.264 e. The van der Waals surface area contributed by atoms with Gasteiger partial charge in [-0.2, -0.15) is 0 Å². The second-order valence-corrected chi connectivity index (χ2v) is 4.57. The van der Waals surface area contributed by atoms with Crippen molar-refractivity contribution in [2.75, 3.05) is 0 Å². The summed E-state index contributed by atoms with van der Waals surface area (Å²) in [5.74, 6) is 0. The lowest BCUT2D eigenvalue weighted by atomic mass is 9.87. The molecule has 1 aliphatic rings. The summed E-state index contributed by atoms with van der Waals surface area (Å²) >= 11 is 0. The molecule has 2 aromatic heterocycles. The van der Waals surface area contributed by atoms with E-state index in [1.165, 1.54) is 33.5 Å². The Morgan fingerprint density at radius 2 is 1.88 bits per heavy atom. The molecule has 3 rings (SSSR count). The number of hydrogen-bond donors (Lipinski definition) is 0. The molecule has 0 amide bonds. The normalized spacial score (nSPS) is 13.1. The maximum Gasteiger partial charge on any atom is 0.0483 e. The van der Waals surface area contributed by atoms with E-state index in [4.69, 9.17) is 0 Å². The van der Waals surface area contributed by atoms with Crippen LogP contribution in [0.2, 0.25) is 0 Å². The van der Waals surface area contributed by atoms with Crippen LogP contribution < -0.4 is 0 Å². The first-order valence-electron chi connectivity index (χ1n) is 5.61. The summed E-state index contributed by atoms with van der Waals surface area (Å²) in [5, 5.41) is 0. The summed E-state index contributed by atoms with van der Waals surface area (Å²) in [7, 11) is 0. The lowest BCUT2D eigenvalue weighted by Crippen LogP contribution is -2.11. The first-order chi connectivity index (χ1) is 7.74. The Balaban J connectivity index is 2.13. The summed E-state index contributed by atoms with van der Waals surface area (Å²) in [4.78, 5) is 8.78. The van der Waals surface area contributed by atoms with Crippen molar-refractivity contribution in [2.45, 2.75) is 26.7 Å². The molecule has 0 aliphatic heterocycles. The molecule has 0 radical (unpaired) electrons. The zero-order valence-electron chi connectivity index (χ0n) is 9.62. The van der Waals surface area contributed by atoms with E-state index in [2.05, 4.69) is 29.9 Å². The molecule has 0 saturated heterocycles. The third-order valence-electron chi connectivity index (χ3n) is 3.28. The van der Waals surface area contributed by atoms with E-state index in [1.807, 2.05) is 18.6 Å². The van der Waals surface area contributed by atoms with Gasteiger partial charge < -0.3 is 0 Å². The number of aromatic nitrogens is 2. The van der Waals surface area contributed by atoms with E-state index < -0.39 is 0 Å². The monoisotopic (exact) mass is 210 g/mol. The maximum atomic E-state index is 4.52. The van der Waals surface area contributed by atoms with Crippen LogP contribution in [0.4, 0.5) is 0 Å². The summed E-state index contributed by atoms with van der Waals surface area (Å²) in [6.45, 7) is 4.24. The zero-order chi connectivity index (χ0) is 11.1. The van der Waals surface area contributed by atoms with E-state index in [1.54, 1.807) is 0 Å². The molecular formula is C14H14N2. The number of rotatable bonds is 0. The molecule has 0 unspecified atom stereocenters. The lowest BCUT2D eigenvalue weighted by molar-refractivity contribution is 0.912. The topological polar surface area (TPSA) is 25.8 Å². The first-order valence-corrected chi connectivity index (χ1v) is 5.61. The Bertz CT molecular complexity index is 559. The second kappa shape index (κ2) is 3.41. The summed E-state index contributed by atoms with van der Waals surface area (Å²) in [5.41, 5.74) is 7.91. The molecule has 0 saturated carbocycles. The third-order valence-corrected chi connectivity index (χ3v) is 3.28. The Kier molecular flexibility index (Phi) is 2.03. The molecule has 80 valence electrons. The SMILES string of the molecule is Cc1cnc2c(c1)Cc1c(C)cncc1C2. The number of hydrogen-bond acceptors (Lipinski definition) is 2. The van der Waals surface area contributed by atoms with Crippen molar-refractivity contribution in [3.8, 4) is 0 Å². The molecule has 0 spiro atoms. The van der Waals surface area contributed by atoms with Gasteiger partial charge in [-0.3, -0.25) is 9.97 Å². The average Bonchev–Trinajstić information content (AvgIpc) is 2.28. The van der Waals surface area contributed by atoms with E-state index in [0.717, 1.165) is 12.8 Å². The third kappa shape index (κ3) is 1.42. The van der Waals surface area contributed by atoms with Crippen LogP contribution in [0.5, 0.6) is 0 Å². The van der Waals surface area contributed by atoms with Crippen LogP contribution in [-0.2, 0) is 12.8 Å². The van der Waals surface area contributed by atoms with Crippen LogP contribution in [0.15, 0.2) is 24.7 Å². The standard InChI is InChI=1S/C14H14N2/c1-9-3-11-4-13-10(2)7-15-8-12(13)5-14(11)16-6-9/h3,6-8H,4-5H2,1-2H3. The largest absolute Gasteiger partial charge is 0.264 e. The highest BCUT2D eigenvalue weighted by molar-refractivity contribution is 5.44. The van der Waals surface area contributed by atoms with Gasteiger partial charge in [0.15, 0.2) is 0 Å². The predicted octanol–water partition coefficient (Wildman–Crippen LogP) is 2.59. The predicted molar refractivity (Wildman–Crippen MR) is 63.6 cm³/mol. The fourth-order valence-corrected chi connectivity index (χ4v) is 2.39. The van der Waals surface area contributed by atoms with E-state index in [-0.39, 0.29) is 0 Å². The molecule has 16 heavy (non-hydrogen) atoms. The quantitative estimate of drug-likeness (QED) is 0.570. The highest BCUT2D eigenvalue weighted by Crippen LogP contribution is 2.27. The summed E-state index contributed by atoms with van der Waals surface area (Å²) in [6, 6.07) is 2.26. The van der Waals surface area contributed by atoms with Crippen LogP contribution in [0, 0.1) is 13.8 Å². The minimum absolute atomic E-state index is 0.930. The molecule has 0 atom stereocenters. The van der Waals surface area contributed by atoms with E-state index in [0.29, 0.717) is 0 Å². The van der Waals surface area contributed by atoms with Crippen molar-refractivity contribution in [1.82, 2.24) is 9.97 Å². The van der Waals surface area contributed by atoms with E-state index in [9.17, 15) is 0 Å². The highest BCUT2D eigenvalue weighted by Gasteiger charge is 2.17. The number of fused-ring (bicyclic) bond motifs is 2. The fourth-order valence-electron chi connectivity index (χ4n) is 2.39. The van der Waals surface area contributed by atoms with Gasteiger partial charge in [-0.25, -0.2) is 0 Å². The molecular weight excluding hydrogens is 196 g/mol. The Morgan fingerprint density at radius 3 is 2.75 bits per heavy atom. The van der Waals surface area contributed by atoms with Crippen molar-refractivity contribution in [1.29, 1.82) is 0 Å². The van der Waals surface area contributed by atoms with Crippen LogP contribution in [0.1, 0.15) is 33.5 Å². The molecule has 0 N–H and O–H groups in total. The summed E-state index contributed by atoms with van der Waals surface area (Å²) in [6.07, 6.45) is 7.82. The smallest absolute Gasteiger partial charge is 0.0483 e. The van der Waals surface area contributed by atoms with Crippen LogP contribution in [0.25, 0.3) is 0 Å². The van der Waals surface area contributed by atoms with Crippen LogP contribution in [-0.4, -0.2) is 9.97 Å². The Hall–Kier alpha value is -1.70. The van der Waals surface area contributed by atoms with Crippen molar-refractivity contribution >= 4 is 0 Å². The number of aryl methyl sites for hydroxylation is 2. The molecule has 0 aromatic carbocycles. The van der Waals surface area contributed by atoms with Gasteiger partial charge in [0.1, 0.15) is 0 Å². The molecule has 0 bridgehead atoms. The lowest BCUT2D eigenvalue weighted by Gasteiger charge is -2.20. The molecule has 0 fully saturated rings. The molecule has 1 aliphatic carbocycles. The second-order valence-electron chi connectivity index (χ2n) is 4.57. The van der Waals surface area contributed by atoms with Crippen LogP contribution >= 0.6 is 0 Å². The van der Waals surface area contributed by atoms with Crippen LogP contribution in [0.3, 0.4) is 0 Å². The van der Waals surface area contributed by atoms with Gasteiger partial charge in [0, 0.05) is 30.7 Å². The number of nitrogens with zero attached hydrogens (tertiary/aromatic N) is 2. The summed E-state index contributed by atoms with van der Waals surface area (Å²) < 4.78 is 0. The van der Waals surface area contributed by atoms with Crippen molar-refractivity contribution < 1.29 is 0 Å². The van der Waals surface area contributed by atoms with E-state index >= 15 is 0 Å². The van der Waals surface area contributed by atoms with Gasteiger partial charge in [-0.1, -0.05) is 6.07 Å². The van der Waals surface area contributed by atoms with Gasteiger partial charge in [0.25, 0.3) is 0 Å². The Morgan fingerprint density at radius 1 is 1.00 bits per heavy atom. The van der Waals surface area contributed by atoms with Crippen molar-refractivity contribution in [3.63, 3.8) is 0 Å². The molecule has 2 aromatic rings. The first kappa shape index (κ1) is 9.52. The van der Waals surface area contributed by atoms with Gasteiger partial charge >= 0.3 is 0 Å². The zero-order valence-corrected chi connectivity index (χ0v) is 9.62. The number of pyridine rings is 2. The average molecular weight is 210 g/mol. The van der Waals surface area contributed by atoms with Gasteiger partial charge in [0.2, 0.25) is 0 Å². The maximum absolute atomic E-state index is 4.52. The van der Waals surface area contributed by atoms with Gasteiger partial charge in [0.05, 0.1) is 0 Å². The molecule has 2 nitrogen and oxygen atoms in total. The molecule has 2 heteroatoms. The Labute approximate surface area is 95.4 Å². The highest BCUT2D eigenvalue weighted by atomic mass is 14.7. The molecule has 2 heterocycles. The van der Waals surface area contributed by atoms with Gasteiger partial charge in [-0.05, 0) is 48.1 Å². The van der Waals surface area contributed by atoms with Gasteiger partial charge in [-0.15, -0.1) is 0 Å². The van der Waals surface area contributed by atoms with Crippen molar-refractivity contribution in [2.24, 2.45) is 0 Å². The van der Waals surface area contributed by atoms with Crippen molar-refractivity contribution in [3.05, 3.63) is 58.2 Å². The fraction of sp³-hybridized carbons (Fsp3) is 0.286. The minimum atomic E-state index is 0.930.